The number of amides is 4. The number of hydrogen-bond acceptors (Lipinski definition) is 4. The van der Waals surface area contributed by atoms with E-state index in [0.29, 0.717) is 35.5 Å². The smallest absolute Gasteiger partial charge is 0.233 e. The number of fused-ring (bicyclic) bond motifs is 10. The zero-order chi connectivity index (χ0) is 25.0. The molecular weight excluding hydrogens is 464 g/mol. The second kappa shape index (κ2) is 8.13. The SMILES string of the molecule is O=C1[C@@H]2[C@@H](C(=O)N1C1CCC(CC3CCC(N4C(=O)[C@@H]5[C@H](C4=O)[C@H]4C=C[C@H]5C4)CC3)CC1)[C@H]1C=C[C@H]2C1. The van der Waals surface area contributed by atoms with Gasteiger partial charge in [-0.15, -0.1) is 0 Å². The molecule has 4 amide bonds. The van der Waals surface area contributed by atoms with E-state index < -0.39 is 0 Å². The monoisotopic (exact) mass is 502 g/mol. The Kier molecular flexibility index (Phi) is 4.99. The van der Waals surface area contributed by atoms with Gasteiger partial charge in [-0.25, -0.2) is 0 Å². The largest absolute Gasteiger partial charge is 0.279 e. The zero-order valence-electron chi connectivity index (χ0n) is 21.5. The lowest BCUT2D eigenvalue weighted by Gasteiger charge is -2.38. The molecule has 0 spiro atoms. The van der Waals surface area contributed by atoms with Gasteiger partial charge in [0.25, 0.3) is 0 Å². The molecule has 4 bridgehead atoms. The molecule has 4 saturated carbocycles. The fourth-order valence-corrected chi connectivity index (χ4v) is 10.3. The number of nitrogens with zero attached hydrogens (tertiary/aromatic N) is 2. The van der Waals surface area contributed by atoms with Gasteiger partial charge in [-0.2, -0.15) is 0 Å². The van der Waals surface area contributed by atoms with Crippen molar-refractivity contribution in [2.75, 3.05) is 0 Å². The number of imide groups is 2. The second-order valence-corrected chi connectivity index (χ2v) is 13.7. The van der Waals surface area contributed by atoms with E-state index in [1.165, 1.54) is 6.42 Å². The lowest BCUT2D eigenvalue weighted by atomic mass is 9.75. The Morgan fingerprint density at radius 2 is 0.784 bits per heavy atom. The van der Waals surface area contributed by atoms with Crippen LogP contribution in [0.15, 0.2) is 24.3 Å². The summed E-state index contributed by atoms with van der Waals surface area (Å²) in [6.45, 7) is 0. The summed E-state index contributed by atoms with van der Waals surface area (Å²) in [5, 5.41) is 0. The highest BCUT2D eigenvalue weighted by molar-refractivity contribution is 6.07. The Hall–Kier alpha value is -2.24. The first-order valence-electron chi connectivity index (χ1n) is 15.1. The number of rotatable bonds is 4. The number of likely N-dealkylation sites (tertiary alicyclic amines) is 2. The van der Waals surface area contributed by atoms with Crippen LogP contribution in [0.2, 0.25) is 0 Å². The Morgan fingerprint density at radius 3 is 1.08 bits per heavy atom. The molecule has 6 aliphatic carbocycles. The van der Waals surface area contributed by atoms with Crippen molar-refractivity contribution in [2.45, 2.75) is 82.7 Å². The summed E-state index contributed by atoms with van der Waals surface area (Å²) in [7, 11) is 0. The van der Waals surface area contributed by atoms with Gasteiger partial charge in [0, 0.05) is 12.1 Å². The third-order valence-electron chi connectivity index (χ3n) is 12.0. The van der Waals surface area contributed by atoms with Crippen LogP contribution in [0.3, 0.4) is 0 Å². The highest BCUT2D eigenvalue weighted by Crippen LogP contribution is 2.55. The normalized spacial score (nSPS) is 49.6. The van der Waals surface area contributed by atoms with Gasteiger partial charge in [-0.05, 0) is 106 Å². The molecule has 0 aromatic carbocycles. The lowest BCUT2D eigenvalue weighted by molar-refractivity contribution is -0.145. The average molecular weight is 503 g/mol. The van der Waals surface area contributed by atoms with E-state index in [1.807, 2.05) is 0 Å². The maximum absolute atomic E-state index is 13.2. The van der Waals surface area contributed by atoms with Crippen LogP contribution in [-0.4, -0.2) is 45.5 Å². The summed E-state index contributed by atoms with van der Waals surface area (Å²) in [6.07, 6.45) is 20.1. The Bertz CT molecular complexity index is 964. The molecule has 0 radical (unpaired) electrons. The molecule has 2 saturated heterocycles. The van der Waals surface area contributed by atoms with Gasteiger partial charge in [-0.3, -0.25) is 29.0 Å². The molecule has 8 rings (SSSR count). The first kappa shape index (κ1) is 22.7. The van der Waals surface area contributed by atoms with Crippen LogP contribution in [0.25, 0.3) is 0 Å². The van der Waals surface area contributed by atoms with Crippen molar-refractivity contribution in [1.82, 2.24) is 9.80 Å². The summed E-state index contributed by atoms with van der Waals surface area (Å²) in [6, 6.07) is 0.210. The molecule has 0 unspecified atom stereocenters. The summed E-state index contributed by atoms with van der Waals surface area (Å²) in [5.41, 5.74) is 0. The maximum atomic E-state index is 13.2. The molecular formula is C31H38N2O4. The second-order valence-electron chi connectivity index (χ2n) is 13.7. The molecule has 0 aromatic rings. The fraction of sp³-hybridized carbons (Fsp3) is 0.742. The minimum absolute atomic E-state index is 0.0734. The highest BCUT2D eigenvalue weighted by Gasteiger charge is 2.61. The van der Waals surface area contributed by atoms with Gasteiger partial charge in [-0.1, -0.05) is 24.3 Å². The van der Waals surface area contributed by atoms with Gasteiger partial charge < -0.3 is 0 Å². The number of carbonyl (C=O) groups is 4. The zero-order valence-corrected chi connectivity index (χ0v) is 21.5. The number of carbonyl (C=O) groups excluding carboxylic acids is 4. The van der Waals surface area contributed by atoms with Gasteiger partial charge in [0.2, 0.25) is 23.6 Å². The Labute approximate surface area is 218 Å². The van der Waals surface area contributed by atoms with Crippen molar-refractivity contribution in [2.24, 2.45) is 59.2 Å². The van der Waals surface area contributed by atoms with E-state index in [-0.39, 0.29) is 59.4 Å². The maximum Gasteiger partial charge on any atom is 0.233 e. The van der Waals surface area contributed by atoms with Gasteiger partial charge in [0.1, 0.15) is 0 Å². The standard InChI is InChI=1S/C31H38N2O4/c34-28-24-18-5-6-19(14-18)25(24)29(35)32(28)22-9-1-16(2-10-22)13-17-3-11-23(12-4-17)33-30(36)26-20-7-8-21(15-20)27(26)31(33)37/h5-8,16-27H,1-4,9-15H2/t16?,17?,18-,19-,20-,21-,22?,23?,24-,25-,26-,27+/m0/s1. The van der Waals surface area contributed by atoms with Crippen LogP contribution in [0.5, 0.6) is 0 Å². The van der Waals surface area contributed by atoms with Crippen molar-refractivity contribution in [1.29, 1.82) is 0 Å². The van der Waals surface area contributed by atoms with E-state index in [0.717, 1.165) is 64.2 Å². The highest BCUT2D eigenvalue weighted by atomic mass is 16.2. The van der Waals surface area contributed by atoms with Gasteiger partial charge >= 0.3 is 0 Å². The predicted octanol–water partition coefficient (Wildman–Crippen LogP) is 4.11. The summed E-state index contributed by atoms with van der Waals surface area (Å²) in [5.74, 6) is 2.68. The van der Waals surface area contributed by atoms with E-state index in [4.69, 9.17) is 0 Å². The minimum Gasteiger partial charge on any atom is -0.279 e. The number of hydrogen-bond donors (Lipinski definition) is 0. The lowest BCUT2D eigenvalue weighted by Crippen LogP contribution is -2.44. The van der Waals surface area contributed by atoms with Crippen molar-refractivity contribution in [3.05, 3.63) is 24.3 Å². The molecule has 2 aliphatic heterocycles. The minimum atomic E-state index is -0.0734. The van der Waals surface area contributed by atoms with E-state index in [1.54, 1.807) is 9.80 Å². The van der Waals surface area contributed by atoms with Crippen LogP contribution in [0, 0.1) is 59.2 Å². The first-order chi connectivity index (χ1) is 18.0. The van der Waals surface area contributed by atoms with Gasteiger partial charge in [0.05, 0.1) is 23.7 Å². The fourth-order valence-electron chi connectivity index (χ4n) is 10.3. The molecule has 0 aromatic heterocycles. The van der Waals surface area contributed by atoms with Crippen molar-refractivity contribution < 1.29 is 19.2 Å². The van der Waals surface area contributed by atoms with Crippen LogP contribution in [-0.2, 0) is 19.2 Å². The van der Waals surface area contributed by atoms with E-state index in [9.17, 15) is 19.2 Å². The van der Waals surface area contributed by atoms with Crippen molar-refractivity contribution in [3.63, 3.8) is 0 Å². The third kappa shape index (κ3) is 3.16. The van der Waals surface area contributed by atoms with Gasteiger partial charge in [0.15, 0.2) is 0 Å². The molecule has 196 valence electrons. The quantitative estimate of drug-likeness (QED) is 0.428. The molecule has 2 heterocycles. The molecule has 8 atom stereocenters. The first-order valence-corrected chi connectivity index (χ1v) is 15.1. The number of allylic oxidation sites excluding steroid dienone is 4. The third-order valence-corrected chi connectivity index (χ3v) is 12.0. The van der Waals surface area contributed by atoms with Crippen LogP contribution < -0.4 is 0 Å². The molecule has 6 nitrogen and oxygen atoms in total. The predicted molar refractivity (Wildman–Crippen MR) is 135 cm³/mol. The average Bonchev–Trinajstić information content (AvgIpc) is 3.74. The van der Waals surface area contributed by atoms with Crippen molar-refractivity contribution >= 4 is 23.6 Å². The van der Waals surface area contributed by atoms with Crippen LogP contribution in [0.4, 0.5) is 0 Å². The molecule has 37 heavy (non-hydrogen) atoms. The molecule has 8 aliphatic rings. The Morgan fingerprint density at radius 1 is 0.486 bits per heavy atom. The van der Waals surface area contributed by atoms with E-state index in [2.05, 4.69) is 24.3 Å². The van der Waals surface area contributed by atoms with E-state index >= 15 is 0 Å². The molecule has 6 heteroatoms. The summed E-state index contributed by atoms with van der Waals surface area (Å²) < 4.78 is 0. The molecule has 6 fully saturated rings. The van der Waals surface area contributed by atoms with Crippen LogP contribution in [0.1, 0.15) is 70.6 Å². The topological polar surface area (TPSA) is 74.8 Å². The summed E-state index contributed by atoms with van der Waals surface area (Å²) >= 11 is 0. The Balaban J connectivity index is 0.836. The van der Waals surface area contributed by atoms with Crippen LogP contribution >= 0.6 is 0 Å². The van der Waals surface area contributed by atoms with Crippen molar-refractivity contribution in [3.8, 4) is 0 Å². The molecule has 0 N–H and O–H groups in total. The summed E-state index contributed by atoms with van der Waals surface area (Å²) in [4.78, 5) is 56.2.